The Morgan fingerprint density at radius 1 is 1.38 bits per heavy atom. The van der Waals surface area contributed by atoms with Gasteiger partial charge in [-0.1, -0.05) is 6.92 Å². The summed E-state index contributed by atoms with van der Waals surface area (Å²) in [6, 6.07) is 0.402. The van der Waals surface area contributed by atoms with Crippen molar-refractivity contribution in [3.63, 3.8) is 0 Å². The van der Waals surface area contributed by atoms with Gasteiger partial charge in [-0.05, 0) is 37.7 Å². The average Bonchev–Trinajstić information content (AvgIpc) is 3.17. The fourth-order valence-electron chi connectivity index (χ4n) is 2.83. The van der Waals surface area contributed by atoms with Crippen LogP contribution in [0.25, 0.3) is 0 Å². The summed E-state index contributed by atoms with van der Waals surface area (Å²) in [5.74, 6) is -2.34. The van der Waals surface area contributed by atoms with Crippen molar-refractivity contribution in [2.45, 2.75) is 40.2 Å². The zero-order valence-corrected chi connectivity index (χ0v) is 17.2. The molecule has 2 rings (SSSR count). The zero-order valence-electron chi connectivity index (χ0n) is 16.3. The molecular formula is C17H21N5O6S. The molecule has 0 aliphatic rings. The smallest absolute Gasteiger partial charge is 0.390 e. The molecule has 1 unspecified atom stereocenters. The van der Waals surface area contributed by atoms with Crippen molar-refractivity contribution in [2.24, 2.45) is 5.73 Å². The van der Waals surface area contributed by atoms with E-state index < -0.39 is 28.7 Å². The number of anilines is 1. The highest BCUT2D eigenvalue weighted by molar-refractivity contribution is 7.18. The van der Waals surface area contributed by atoms with E-state index in [4.69, 9.17) is 10.5 Å². The maximum absolute atomic E-state index is 12.9. The molecule has 156 valence electrons. The van der Waals surface area contributed by atoms with E-state index in [0.29, 0.717) is 11.3 Å². The minimum Gasteiger partial charge on any atom is -0.462 e. The van der Waals surface area contributed by atoms with Crippen molar-refractivity contribution in [3.8, 4) is 0 Å². The molecule has 1 atom stereocenters. The van der Waals surface area contributed by atoms with Gasteiger partial charge in [0, 0.05) is 0 Å². The van der Waals surface area contributed by atoms with Crippen LogP contribution in [0.15, 0.2) is 6.07 Å². The number of carbonyl (C=O) groups excluding carboxylic acids is 3. The van der Waals surface area contributed by atoms with Crippen molar-refractivity contribution in [1.29, 1.82) is 0 Å². The molecule has 12 heteroatoms. The van der Waals surface area contributed by atoms with E-state index in [1.807, 2.05) is 0 Å². The van der Waals surface area contributed by atoms with Gasteiger partial charge in [0.05, 0.1) is 33.9 Å². The SMILES string of the molecule is CCOC(=O)c1c(NC(=O)C(CC)n2nc([N+](=O)[O-])cc2C)sc(C(N)=O)c1C. The van der Waals surface area contributed by atoms with E-state index in [2.05, 4.69) is 10.4 Å². The number of nitrogens with two attached hydrogens (primary N) is 1. The van der Waals surface area contributed by atoms with Crippen molar-refractivity contribution in [3.05, 3.63) is 37.9 Å². The molecule has 0 aliphatic heterocycles. The number of thiophene rings is 1. The number of nitro groups is 1. The first-order chi connectivity index (χ1) is 13.6. The second kappa shape index (κ2) is 8.82. The normalized spacial score (nSPS) is 11.7. The molecule has 2 amide bonds. The third-order valence-electron chi connectivity index (χ3n) is 4.17. The second-order valence-corrected chi connectivity index (χ2v) is 7.12. The van der Waals surface area contributed by atoms with Crippen LogP contribution in [-0.2, 0) is 9.53 Å². The van der Waals surface area contributed by atoms with Gasteiger partial charge < -0.3 is 25.9 Å². The van der Waals surface area contributed by atoms with E-state index >= 15 is 0 Å². The number of ether oxygens (including phenoxy) is 1. The molecule has 0 spiro atoms. The lowest BCUT2D eigenvalue weighted by Gasteiger charge is -2.14. The molecule has 3 N–H and O–H groups in total. The van der Waals surface area contributed by atoms with Crippen molar-refractivity contribution in [1.82, 2.24) is 9.78 Å². The number of rotatable bonds is 8. The largest absolute Gasteiger partial charge is 0.462 e. The summed E-state index contributed by atoms with van der Waals surface area (Å²) >= 11 is 0.869. The lowest BCUT2D eigenvalue weighted by atomic mass is 10.1. The van der Waals surface area contributed by atoms with Gasteiger partial charge in [0.2, 0.25) is 0 Å². The second-order valence-electron chi connectivity index (χ2n) is 6.10. The third-order valence-corrected chi connectivity index (χ3v) is 5.39. The van der Waals surface area contributed by atoms with Gasteiger partial charge in [0.25, 0.3) is 11.8 Å². The molecule has 0 fully saturated rings. The maximum Gasteiger partial charge on any atom is 0.390 e. The maximum atomic E-state index is 12.9. The Kier molecular flexibility index (Phi) is 6.69. The molecule has 0 radical (unpaired) electrons. The Balaban J connectivity index is 2.42. The van der Waals surface area contributed by atoms with Gasteiger partial charge in [-0.15, -0.1) is 11.3 Å². The van der Waals surface area contributed by atoms with Gasteiger partial charge in [0.15, 0.2) is 6.04 Å². The van der Waals surface area contributed by atoms with Crippen LogP contribution in [0.4, 0.5) is 10.8 Å². The quantitative estimate of drug-likeness (QED) is 0.374. The molecular weight excluding hydrogens is 402 g/mol. The summed E-state index contributed by atoms with van der Waals surface area (Å²) in [6.07, 6.45) is 0.285. The molecule has 11 nitrogen and oxygen atoms in total. The van der Waals surface area contributed by atoms with Gasteiger partial charge in [-0.3, -0.25) is 9.59 Å². The number of nitrogens with zero attached hydrogens (tertiary/aromatic N) is 3. The number of carbonyl (C=O) groups is 3. The van der Waals surface area contributed by atoms with Gasteiger partial charge >= 0.3 is 11.8 Å². The number of aryl methyl sites for hydroxylation is 1. The fourth-order valence-corrected chi connectivity index (χ4v) is 3.88. The van der Waals surface area contributed by atoms with E-state index in [1.165, 1.54) is 17.7 Å². The Morgan fingerprint density at radius 3 is 2.52 bits per heavy atom. The minimum absolute atomic E-state index is 0.0528. The molecule has 0 saturated heterocycles. The van der Waals surface area contributed by atoms with E-state index in [9.17, 15) is 24.5 Å². The minimum atomic E-state index is -0.863. The Bertz CT molecular complexity index is 979. The third kappa shape index (κ3) is 4.42. The number of aromatic nitrogens is 2. The van der Waals surface area contributed by atoms with Crippen LogP contribution >= 0.6 is 11.3 Å². The highest BCUT2D eigenvalue weighted by Crippen LogP contribution is 2.34. The van der Waals surface area contributed by atoms with Crippen LogP contribution in [0.5, 0.6) is 0 Å². The van der Waals surface area contributed by atoms with Crippen molar-refractivity contribution < 1.29 is 24.0 Å². The fraction of sp³-hybridized carbons (Fsp3) is 0.412. The summed E-state index contributed by atoms with van der Waals surface area (Å²) in [5.41, 5.74) is 6.16. The zero-order chi connectivity index (χ0) is 21.9. The topological polar surface area (TPSA) is 159 Å². The van der Waals surface area contributed by atoms with Gasteiger partial charge in [-0.25, -0.2) is 4.79 Å². The molecule has 2 aromatic heterocycles. The molecule has 0 aromatic carbocycles. The van der Waals surface area contributed by atoms with Gasteiger partial charge in [-0.2, -0.15) is 4.68 Å². The molecule has 2 aromatic rings. The van der Waals surface area contributed by atoms with E-state index in [0.717, 1.165) is 11.3 Å². The highest BCUT2D eigenvalue weighted by atomic mass is 32.1. The molecule has 0 aliphatic carbocycles. The number of nitrogens with one attached hydrogen (secondary N) is 1. The van der Waals surface area contributed by atoms with E-state index in [-0.39, 0.29) is 34.3 Å². The van der Waals surface area contributed by atoms with Crippen LogP contribution < -0.4 is 11.1 Å². The van der Waals surface area contributed by atoms with E-state index in [1.54, 1.807) is 20.8 Å². The standard InChI is InChI=1S/C17H21N5O6S/c1-5-10(21-8(3)7-11(20-21)22(26)27)15(24)19-16-12(17(25)28-6-2)9(4)13(29-16)14(18)23/h7,10H,5-6H2,1-4H3,(H2,18,23)(H,19,24). The number of hydrogen-bond acceptors (Lipinski definition) is 8. The van der Waals surface area contributed by atoms with Gasteiger partial charge in [0.1, 0.15) is 5.00 Å². The number of amides is 2. The van der Waals surface area contributed by atoms with Crippen molar-refractivity contribution >= 4 is 39.9 Å². The summed E-state index contributed by atoms with van der Waals surface area (Å²) in [4.78, 5) is 47.3. The number of esters is 1. The summed E-state index contributed by atoms with van der Waals surface area (Å²) in [5, 5.41) is 17.6. The first-order valence-corrected chi connectivity index (χ1v) is 9.55. The lowest BCUT2D eigenvalue weighted by Crippen LogP contribution is -2.27. The predicted octanol–water partition coefficient (Wildman–Crippen LogP) is 2.34. The molecule has 0 bridgehead atoms. The lowest BCUT2D eigenvalue weighted by molar-refractivity contribution is -0.389. The molecule has 0 saturated carbocycles. The average molecular weight is 423 g/mol. The van der Waals surface area contributed by atoms with Crippen LogP contribution in [0, 0.1) is 24.0 Å². The summed E-state index contributed by atoms with van der Waals surface area (Å²) < 4.78 is 6.27. The Morgan fingerprint density at radius 2 is 2.03 bits per heavy atom. The first kappa shape index (κ1) is 22.0. The van der Waals surface area contributed by atoms with Crippen LogP contribution in [0.3, 0.4) is 0 Å². The molecule has 29 heavy (non-hydrogen) atoms. The Hall–Kier alpha value is -3.28. The van der Waals surface area contributed by atoms with Crippen LogP contribution in [0.2, 0.25) is 0 Å². The Labute approximate surface area is 170 Å². The molecule has 2 heterocycles. The number of hydrogen-bond donors (Lipinski definition) is 2. The van der Waals surface area contributed by atoms with Crippen LogP contribution in [-0.4, -0.2) is 39.1 Å². The highest BCUT2D eigenvalue weighted by Gasteiger charge is 2.30. The summed E-state index contributed by atoms with van der Waals surface area (Å²) in [7, 11) is 0. The first-order valence-electron chi connectivity index (χ1n) is 8.73. The number of primary amides is 1. The predicted molar refractivity (Wildman–Crippen MR) is 105 cm³/mol. The van der Waals surface area contributed by atoms with Crippen LogP contribution in [0.1, 0.15) is 57.6 Å². The monoisotopic (exact) mass is 423 g/mol. The summed E-state index contributed by atoms with van der Waals surface area (Å²) in [6.45, 7) is 6.60. The van der Waals surface area contributed by atoms with Crippen molar-refractivity contribution in [2.75, 3.05) is 11.9 Å².